The van der Waals surface area contributed by atoms with Crippen LogP contribution in [0.1, 0.15) is 31.7 Å². The number of fused-ring (bicyclic) bond motifs is 1. The standard InChI is InChI=1S/C14H20N2O2.ClH/c1-14(2,9-15)16-13(17)11-7-8-18-12-6-4-3-5-10(11)12;/h3-6,11H,7-9,15H2,1-2H3,(H,16,17);1H. The number of hydrogen-bond donors (Lipinski definition) is 2. The average Bonchev–Trinajstić information content (AvgIpc) is 2.37. The van der Waals surface area contributed by atoms with E-state index in [9.17, 15) is 4.79 Å². The number of para-hydroxylation sites is 1. The minimum Gasteiger partial charge on any atom is -0.493 e. The van der Waals surface area contributed by atoms with Gasteiger partial charge in [0.15, 0.2) is 0 Å². The van der Waals surface area contributed by atoms with Crippen molar-refractivity contribution < 1.29 is 9.53 Å². The first-order valence-electron chi connectivity index (χ1n) is 6.27. The molecule has 1 aliphatic rings. The minimum atomic E-state index is -0.371. The van der Waals surface area contributed by atoms with Crippen LogP contribution in [-0.4, -0.2) is 24.6 Å². The third-order valence-corrected chi connectivity index (χ3v) is 3.25. The molecule has 106 valence electrons. The highest BCUT2D eigenvalue weighted by molar-refractivity contribution is 5.85. The Morgan fingerprint density at radius 3 is 2.84 bits per heavy atom. The lowest BCUT2D eigenvalue weighted by atomic mass is 9.91. The second-order valence-electron chi connectivity index (χ2n) is 5.30. The molecular formula is C14H21ClN2O2. The molecular weight excluding hydrogens is 264 g/mol. The summed E-state index contributed by atoms with van der Waals surface area (Å²) in [7, 11) is 0. The summed E-state index contributed by atoms with van der Waals surface area (Å²) in [5.41, 5.74) is 6.24. The van der Waals surface area contributed by atoms with Crippen LogP contribution in [-0.2, 0) is 4.79 Å². The lowest BCUT2D eigenvalue weighted by Gasteiger charge is -2.30. The monoisotopic (exact) mass is 284 g/mol. The fourth-order valence-corrected chi connectivity index (χ4v) is 2.09. The van der Waals surface area contributed by atoms with Crippen molar-refractivity contribution in [2.75, 3.05) is 13.2 Å². The van der Waals surface area contributed by atoms with Crippen molar-refractivity contribution in [2.24, 2.45) is 5.73 Å². The summed E-state index contributed by atoms with van der Waals surface area (Å²) in [6.45, 7) is 4.86. The molecule has 0 spiro atoms. The van der Waals surface area contributed by atoms with Crippen molar-refractivity contribution >= 4 is 18.3 Å². The lowest BCUT2D eigenvalue weighted by molar-refractivity contribution is -0.124. The van der Waals surface area contributed by atoms with Crippen LogP contribution in [0.15, 0.2) is 24.3 Å². The van der Waals surface area contributed by atoms with Gasteiger partial charge in [-0.25, -0.2) is 0 Å². The van der Waals surface area contributed by atoms with E-state index in [4.69, 9.17) is 10.5 Å². The summed E-state index contributed by atoms with van der Waals surface area (Å²) in [5.74, 6) is 0.705. The van der Waals surface area contributed by atoms with Crippen LogP contribution in [0, 0.1) is 0 Å². The molecule has 1 aromatic rings. The number of nitrogens with one attached hydrogen (secondary N) is 1. The second kappa shape index (κ2) is 6.26. The molecule has 0 fully saturated rings. The molecule has 0 aromatic heterocycles. The number of nitrogens with two attached hydrogens (primary N) is 1. The van der Waals surface area contributed by atoms with Gasteiger partial charge in [0.2, 0.25) is 5.91 Å². The molecule has 0 saturated heterocycles. The first-order chi connectivity index (χ1) is 8.53. The van der Waals surface area contributed by atoms with Gasteiger partial charge in [0.05, 0.1) is 12.5 Å². The number of halogens is 1. The fraction of sp³-hybridized carbons (Fsp3) is 0.500. The van der Waals surface area contributed by atoms with Gasteiger partial charge in [-0.1, -0.05) is 18.2 Å². The predicted octanol–water partition coefficient (Wildman–Crippen LogP) is 1.83. The molecule has 1 atom stereocenters. The summed E-state index contributed by atoms with van der Waals surface area (Å²) in [5, 5.41) is 3.00. The topological polar surface area (TPSA) is 64.3 Å². The largest absolute Gasteiger partial charge is 0.493 e. The highest BCUT2D eigenvalue weighted by Gasteiger charge is 2.30. The highest BCUT2D eigenvalue weighted by Crippen LogP contribution is 2.33. The number of carbonyl (C=O) groups excluding carboxylic acids is 1. The summed E-state index contributed by atoms with van der Waals surface area (Å²) in [6.07, 6.45) is 0.712. The quantitative estimate of drug-likeness (QED) is 0.890. The minimum absolute atomic E-state index is 0. The molecule has 19 heavy (non-hydrogen) atoms. The molecule has 3 N–H and O–H groups in total. The molecule has 1 unspecified atom stereocenters. The van der Waals surface area contributed by atoms with E-state index >= 15 is 0 Å². The first kappa shape index (κ1) is 15.8. The molecule has 0 radical (unpaired) electrons. The Morgan fingerprint density at radius 1 is 1.47 bits per heavy atom. The number of rotatable bonds is 3. The maximum atomic E-state index is 12.3. The molecule has 1 heterocycles. The van der Waals surface area contributed by atoms with Gasteiger partial charge in [-0.2, -0.15) is 0 Å². The van der Waals surface area contributed by atoms with Crippen molar-refractivity contribution in [3.63, 3.8) is 0 Å². The SMILES string of the molecule is CC(C)(CN)NC(=O)C1CCOc2ccccc21.Cl. The van der Waals surface area contributed by atoms with Crippen molar-refractivity contribution in [2.45, 2.75) is 31.7 Å². The Hall–Kier alpha value is -1.26. The Balaban J connectivity index is 0.00000180. The van der Waals surface area contributed by atoms with Gasteiger partial charge >= 0.3 is 0 Å². The molecule has 4 nitrogen and oxygen atoms in total. The van der Waals surface area contributed by atoms with E-state index in [0.717, 1.165) is 11.3 Å². The summed E-state index contributed by atoms with van der Waals surface area (Å²) in [4.78, 5) is 12.3. The van der Waals surface area contributed by atoms with Gasteiger partial charge < -0.3 is 15.8 Å². The van der Waals surface area contributed by atoms with E-state index in [0.29, 0.717) is 19.6 Å². The van der Waals surface area contributed by atoms with Gasteiger partial charge in [-0.3, -0.25) is 4.79 Å². The molecule has 1 amide bonds. The average molecular weight is 285 g/mol. The maximum absolute atomic E-state index is 12.3. The number of benzene rings is 1. The number of hydrogen-bond acceptors (Lipinski definition) is 3. The molecule has 0 saturated carbocycles. The molecule has 1 aromatic carbocycles. The fourth-order valence-electron chi connectivity index (χ4n) is 2.09. The summed E-state index contributed by atoms with van der Waals surface area (Å²) in [6, 6.07) is 7.71. The zero-order chi connectivity index (χ0) is 13.2. The van der Waals surface area contributed by atoms with E-state index < -0.39 is 0 Å². The van der Waals surface area contributed by atoms with Gasteiger partial charge in [0, 0.05) is 17.6 Å². The van der Waals surface area contributed by atoms with Crippen LogP contribution in [0.2, 0.25) is 0 Å². The zero-order valence-electron chi connectivity index (χ0n) is 11.3. The van der Waals surface area contributed by atoms with Crippen molar-refractivity contribution in [3.05, 3.63) is 29.8 Å². The van der Waals surface area contributed by atoms with E-state index in [2.05, 4.69) is 5.32 Å². The maximum Gasteiger partial charge on any atom is 0.228 e. The van der Waals surface area contributed by atoms with Crippen molar-refractivity contribution in [3.8, 4) is 5.75 Å². The second-order valence-corrected chi connectivity index (χ2v) is 5.30. The smallest absolute Gasteiger partial charge is 0.228 e. The van der Waals surface area contributed by atoms with Crippen molar-refractivity contribution in [1.29, 1.82) is 0 Å². The van der Waals surface area contributed by atoms with Gasteiger partial charge in [-0.15, -0.1) is 12.4 Å². The Kier molecular flexibility index (Phi) is 5.20. The van der Waals surface area contributed by atoms with Crippen LogP contribution in [0.5, 0.6) is 5.75 Å². The van der Waals surface area contributed by atoms with Crippen LogP contribution >= 0.6 is 12.4 Å². The Morgan fingerprint density at radius 2 is 2.16 bits per heavy atom. The molecule has 1 aliphatic heterocycles. The molecule has 0 bridgehead atoms. The van der Waals surface area contributed by atoms with Crippen LogP contribution in [0.3, 0.4) is 0 Å². The third-order valence-electron chi connectivity index (χ3n) is 3.25. The number of amides is 1. The van der Waals surface area contributed by atoms with Gasteiger partial charge in [-0.05, 0) is 26.3 Å². The van der Waals surface area contributed by atoms with E-state index in [1.54, 1.807) is 0 Å². The summed E-state index contributed by atoms with van der Waals surface area (Å²) >= 11 is 0. The Labute approximate surface area is 120 Å². The molecule has 2 rings (SSSR count). The Bertz CT molecular complexity index is 449. The number of carbonyl (C=O) groups is 1. The van der Waals surface area contributed by atoms with E-state index in [1.807, 2.05) is 38.1 Å². The summed E-state index contributed by atoms with van der Waals surface area (Å²) < 4.78 is 5.56. The van der Waals surface area contributed by atoms with Crippen LogP contribution in [0.25, 0.3) is 0 Å². The lowest BCUT2D eigenvalue weighted by Crippen LogP contribution is -2.50. The molecule has 5 heteroatoms. The normalized spacial score (nSPS) is 17.7. The van der Waals surface area contributed by atoms with Crippen molar-refractivity contribution in [1.82, 2.24) is 5.32 Å². The van der Waals surface area contributed by atoms with Crippen LogP contribution in [0.4, 0.5) is 0 Å². The number of ether oxygens (including phenoxy) is 1. The zero-order valence-corrected chi connectivity index (χ0v) is 12.1. The first-order valence-corrected chi connectivity index (χ1v) is 6.27. The van der Waals surface area contributed by atoms with E-state index in [1.165, 1.54) is 0 Å². The third kappa shape index (κ3) is 3.61. The predicted molar refractivity (Wildman–Crippen MR) is 77.8 cm³/mol. The van der Waals surface area contributed by atoms with E-state index in [-0.39, 0.29) is 29.8 Å². The van der Waals surface area contributed by atoms with Gasteiger partial charge in [0.25, 0.3) is 0 Å². The highest BCUT2D eigenvalue weighted by atomic mass is 35.5. The molecule has 0 aliphatic carbocycles. The van der Waals surface area contributed by atoms with Crippen LogP contribution < -0.4 is 15.8 Å². The van der Waals surface area contributed by atoms with Gasteiger partial charge in [0.1, 0.15) is 5.75 Å².